The number of nitrogens with zero attached hydrogens (tertiary/aromatic N) is 1. The van der Waals surface area contributed by atoms with Gasteiger partial charge >= 0.3 is 19.3 Å². The minimum atomic E-state index is -1.51. The summed E-state index contributed by atoms with van der Waals surface area (Å²) in [4.78, 5) is 26.2. The third-order valence-electron chi connectivity index (χ3n) is 5.32. The summed E-state index contributed by atoms with van der Waals surface area (Å²) in [7, 11) is 0.153. The van der Waals surface area contributed by atoms with Gasteiger partial charge in [0.1, 0.15) is 12.2 Å². The molecule has 184 valence electrons. The number of rotatable bonds is 8. The van der Waals surface area contributed by atoms with Crippen LogP contribution in [0.2, 0.25) is 0 Å². The maximum atomic E-state index is 12.4. The highest BCUT2D eigenvalue weighted by Gasteiger charge is 2.20. The molecule has 0 spiro atoms. The van der Waals surface area contributed by atoms with E-state index in [1.165, 1.54) is 4.90 Å². The second-order valence-electron chi connectivity index (χ2n) is 9.35. The van der Waals surface area contributed by atoms with E-state index in [1.54, 1.807) is 37.4 Å². The van der Waals surface area contributed by atoms with E-state index in [2.05, 4.69) is 5.32 Å². The van der Waals surface area contributed by atoms with E-state index in [0.29, 0.717) is 17.7 Å². The molecule has 0 unspecified atom stereocenters. The summed E-state index contributed by atoms with van der Waals surface area (Å²) in [6.45, 7) is 9.90. The zero-order valence-electron chi connectivity index (χ0n) is 20.8. The van der Waals surface area contributed by atoms with Crippen molar-refractivity contribution >= 4 is 30.5 Å². The van der Waals surface area contributed by atoms with Crippen LogP contribution in [-0.2, 0) is 16.0 Å². The van der Waals surface area contributed by atoms with Crippen molar-refractivity contribution in [2.45, 2.75) is 59.1 Å². The third-order valence-corrected chi connectivity index (χ3v) is 5.32. The summed E-state index contributed by atoms with van der Waals surface area (Å²) in [6, 6.07) is 12.4. The summed E-state index contributed by atoms with van der Waals surface area (Å²) in [6.07, 6.45) is -0.243. The molecule has 0 saturated carbocycles. The summed E-state index contributed by atoms with van der Waals surface area (Å²) >= 11 is 0. The smallest absolute Gasteiger partial charge is 0.449 e. The second kappa shape index (κ2) is 11.9. The van der Waals surface area contributed by atoms with Crippen LogP contribution in [0.1, 0.15) is 56.7 Å². The number of amides is 2. The van der Waals surface area contributed by atoms with Crippen molar-refractivity contribution in [3.05, 3.63) is 59.2 Å². The van der Waals surface area contributed by atoms with Crippen LogP contribution in [0.4, 0.5) is 15.3 Å². The molecule has 0 aromatic heterocycles. The van der Waals surface area contributed by atoms with E-state index in [0.717, 1.165) is 23.1 Å². The average Bonchev–Trinajstić information content (AvgIpc) is 2.75. The first-order valence-electron chi connectivity index (χ1n) is 11.3. The van der Waals surface area contributed by atoms with Gasteiger partial charge in [-0.25, -0.2) is 9.59 Å². The molecular weight excluding hydrogens is 435 g/mol. The van der Waals surface area contributed by atoms with Gasteiger partial charge in [0.2, 0.25) is 0 Å². The average molecular weight is 470 g/mol. The Morgan fingerprint density at radius 3 is 2.32 bits per heavy atom. The molecule has 34 heavy (non-hydrogen) atoms. The van der Waals surface area contributed by atoms with E-state index in [1.807, 2.05) is 46.8 Å². The molecule has 9 heteroatoms. The normalized spacial score (nSPS) is 12.0. The van der Waals surface area contributed by atoms with Gasteiger partial charge in [0.15, 0.2) is 0 Å². The number of anilines is 1. The summed E-state index contributed by atoms with van der Waals surface area (Å²) in [5.74, 6) is -0.0216. The molecule has 0 radical (unpaired) electrons. The van der Waals surface area contributed by atoms with Crippen molar-refractivity contribution in [1.82, 2.24) is 4.90 Å². The van der Waals surface area contributed by atoms with Crippen molar-refractivity contribution in [2.75, 3.05) is 19.0 Å². The predicted octanol–water partition coefficient (Wildman–Crippen LogP) is 3.78. The van der Waals surface area contributed by atoms with E-state index in [9.17, 15) is 19.6 Å². The molecule has 2 rings (SSSR count). The fourth-order valence-corrected chi connectivity index (χ4v) is 3.30. The number of nitrogens with one attached hydrogen (secondary N) is 1. The molecule has 2 aromatic carbocycles. The molecule has 0 aliphatic heterocycles. The summed E-state index contributed by atoms with van der Waals surface area (Å²) in [5, 5.41) is 21.2. The predicted molar refractivity (Wildman–Crippen MR) is 133 cm³/mol. The minimum Gasteiger partial charge on any atom is -0.449 e. The van der Waals surface area contributed by atoms with Gasteiger partial charge in [-0.05, 0) is 68.4 Å². The number of aryl methyl sites for hydroxylation is 1. The molecule has 8 nitrogen and oxygen atoms in total. The first-order valence-corrected chi connectivity index (χ1v) is 11.3. The Morgan fingerprint density at radius 1 is 1.12 bits per heavy atom. The van der Waals surface area contributed by atoms with E-state index in [-0.39, 0.29) is 12.5 Å². The maximum absolute atomic E-state index is 12.4. The van der Waals surface area contributed by atoms with Crippen LogP contribution in [0.25, 0.3) is 0 Å². The topological polar surface area (TPSA) is 108 Å². The lowest BCUT2D eigenvalue weighted by Gasteiger charge is -2.25. The number of hydrogen-bond acceptors (Lipinski definition) is 6. The zero-order chi connectivity index (χ0) is 25.5. The zero-order valence-corrected chi connectivity index (χ0v) is 20.8. The number of carbonyl (C=O) groups excluding carboxylic acids is 2. The monoisotopic (exact) mass is 470 g/mol. The van der Waals surface area contributed by atoms with Crippen LogP contribution in [-0.4, -0.2) is 53.5 Å². The molecule has 0 heterocycles. The van der Waals surface area contributed by atoms with Crippen molar-refractivity contribution < 1.29 is 29.1 Å². The Bertz CT molecular complexity index is 972. The highest BCUT2D eigenvalue weighted by atomic mass is 16.6. The van der Waals surface area contributed by atoms with Crippen LogP contribution < -0.4 is 10.8 Å². The van der Waals surface area contributed by atoms with Crippen molar-refractivity contribution in [3.63, 3.8) is 0 Å². The molecular formula is C25H35BN2O6. The van der Waals surface area contributed by atoms with Gasteiger partial charge in [-0.3, -0.25) is 5.32 Å². The Hall–Kier alpha value is -3.04. The molecule has 0 saturated heterocycles. The molecule has 0 fully saturated rings. The van der Waals surface area contributed by atoms with Crippen LogP contribution in [0.3, 0.4) is 0 Å². The Balaban J connectivity index is 1.97. The molecule has 3 N–H and O–H groups in total. The van der Waals surface area contributed by atoms with Crippen LogP contribution in [0.15, 0.2) is 42.5 Å². The van der Waals surface area contributed by atoms with E-state index in [4.69, 9.17) is 9.47 Å². The Morgan fingerprint density at radius 2 is 1.76 bits per heavy atom. The SMILES string of the molecule is CC[C@@H](COC(=O)Nc1ccc(C)c(CN(C)C(=O)OC(C)(C)C)c1)c1ccc(B(O)O)cc1. The van der Waals surface area contributed by atoms with Gasteiger partial charge in [-0.2, -0.15) is 0 Å². The number of carbonyl (C=O) groups is 2. The van der Waals surface area contributed by atoms with Gasteiger partial charge in [-0.15, -0.1) is 0 Å². The van der Waals surface area contributed by atoms with Crippen molar-refractivity contribution in [1.29, 1.82) is 0 Å². The maximum Gasteiger partial charge on any atom is 0.488 e. The fraction of sp³-hybridized carbons (Fsp3) is 0.440. The first kappa shape index (κ1) is 27.2. The molecule has 0 aliphatic rings. The quantitative estimate of drug-likeness (QED) is 0.507. The highest BCUT2D eigenvalue weighted by molar-refractivity contribution is 6.58. The third kappa shape index (κ3) is 8.39. The second-order valence-corrected chi connectivity index (χ2v) is 9.35. The van der Waals surface area contributed by atoms with Gasteiger partial charge < -0.3 is 24.4 Å². The summed E-state index contributed by atoms with van der Waals surface area (Å²) < 4.78 is 10.8. The lowest BCUT2D eigenvalue weighted by molar-refractivity contribution is 0.0285. The first-order chi connectivity index (χ1) is 15.9. The highest BCUT2D eigenvalue weighted by Crippen LogP contribution is 2.21. The van der Waals surface area contributed by atoms with Crippen molar-refractivity contribution in [2.24, 2.45) is 0 Å². The van der Waals surface area contributed by atoms with Crippen LogP contribution in [0.5, 0.6) is 0 Å². The molecule has 0 aliphatic carbocycles. The van der Waals surface area contributed by atoms with E-state index >= 15 is 0 Å². The van der Waals surface area contributed by atoms with Gasteiger partial charge in [0.05, 0.1) is 0 Å². The molecule has 2 aromatic rings. The number of hydrogen-bond donors (Lipinski definition) is 3. The van der Waals surface area contributed by atoms with Gasteiger partial charge in [0.25, 0.3) is 0 Å². The standard InChI is InChI=1S/C25H35BN2O6/c1-7-18(19-9-11-21(12-10-19)26(31)32)16-33-23(29)27-22-13-8-17(2)20(14-22)15-28(6)24(30)34-25(3,4)5/h8-14,18,31-32H,7,15-16H2,1-6H3,(H,27,29)/t18-/m0/s1. The molecule has 1 atom stereocenters. The largest absolute Gasteiger partial charge is 0.488 e. The van der Waals surface area contributed by atoms with Crippen LogP contribution in [0, 0.1) is 6.92 Å². The molecule has 2 amide bonds. The summed E-state index contributed by atoms with van der Waals surface area (Å²) in [5.41, 5.74) is 3.21. The van der Waals surface area contributed by atoms with Crippen LogP contribution >= 0.6 is 0 Å². The van der Waals surface area contributed by atoms with Crippen molar-refractivity contribution in [3.8, 4) is 0 Å². The minimum absolute atomic E-state index is 0.0216. The van der Waals surface area contributed by atoms with E-state index < -0.39 is 24.9 Å². The fourth-order valence-electron chi connectivity index (χ4n) is 3.30. The lowest BCUT2D eigenvalue weighted by Crippen LogP contribution is -2.34. The van der Waals surface area contributed by atoms with Gasteiger partial charge in [-0.1, -0.05) is 37.3 Å². The number of ether oxygens (including phenoxy) is 2. The Kier molecular flexibility index (Phi) is 9.52. The van der Waals surface area contributed by atoms with Gasteiger partial charge in [0, 0.05) is 25.2 Å². The number of benzene rings is 2. The lowest BCUT2D eigenvalue weighted by atomic mass is 9.79. The molecule has 0 bridgehead atoms. The Labute approximate surface area is 202 Å².